The molecular formula is C16H12BrN7O2S. The summed E-state index contributed by atoms with van der Waals surface area (Å²) in [6.07, 6.45) is 1.33. The van der Waals surface area contributed by atoms with Crippen molar-refractivity contribution in [1.29, 1.82) is 0 Å². The molecule has 1 aromatic carbocycles. The van der Waals surface area contributed by atoms with E-state index in [1.54, 1.807) is 7.05 Å². The number of aryl methyl sites for hydroxylation is 1. The van der Waals surface area contributed by atoms with Crippen LogP contribution in [0.4, 0.5) is 5.13 Å². The number of rotatable bonds is 4. The predicted octanol–water partition coefficient (Wildman–Crippen LogP) is 2.05. The van der Waals surface area contributed by atoms with Crippen molar-refractivity contribution in [3.8, 4) is 10.6 Å². The average Bonchev–Trinajstić information content (AvgIpc) is 3.23. The summed E-state index contributed by atoms with van der Waals surface area (Å²) in [4.78, 5) is 29.1. The molecule has 3 aromatic heterocycles. The van der Waals surface area contributed by atoms with Crippen molar-refractivity contribution in [2.45, 2.75) is 6.54 Å². The third-order valence-corrected chi connectivity index (χ3v) is 5.22. The zero-order valence-electron chi connectivity index (χ0n) is 14.0. The first-order valence-corrected chi connectivity index (χ1v) is 9.40. The van der Waals surface area contributed by atoms with Crippen molar-refractivity contribution in [3.05, 3.63) is 51.6 Å². The quantitative estimate of drug-likeness (QED) is 0.514. The fraction of sp³-hybridized carbons (Fsp3) is 0.125. The lowest BCUT2D eigenvalue weighted by atomic mass is 10.2. The van der Waals surface area contributed by atoms with Crippen molar-refractivity contribution in [2.24, 2.45) is 7.05 Å². The lowest BCUT2D eigenvalue weighted by Crippen LogP contribution is -2.28. The first-order chi connectivity index (χ1) is 13.0. The zero-order valence-corrected chi connectivity index (χ0v) is 16.4. The monoisotopic (exact) mass is 445 g/mol. The summed E-state index contributed by atoms with van der Waals surface area (Å²) in [7, 11) is 1.69. The van der Waals surface area contributed by atoms with Crippen LogP contribution < -0.4 is 10.9 Å². The molecule has 0 fully saturated rings. The van der Waals surface area contributed by atoms with Crippen LogP contribution in [0.25, 0.3) is 21.6 Å². The Labute approximate surface area is 164 Å². The Morgan fingerprint density at radius 1 is 1.26 bits per heavy atom. The van der Waals surface area contributed by atoms with Gasteiger partial charge in [0.25, 0.3) is 5.56 Å². The van der Waals surface area contributed by atoms with Gasteiger partial charge >= 0.3 is 0 Å². The fourth-order valence-electron chi connectivity index (χ4n) is 2.53. The van der Waals surface area contributed by atoms with E-state index in [9.17, 15) is 9.59 Å². The minimum Gasteiger partial charge on any atom is -0.299 e. The fourth-order valence-corrected chi connectivity index (χ4v) is 3.88. The lowest BCUT2D eigenvalue weighted by molar-refractivity contribution is -0.116. The van der Waals surface area contributed by atoms with Crippen LogP contribution in [0.2, 0.25) is 0 Å². The van der Waals surface area contributed by atoms with Crippen LogP contribution in [0.5, 0.6) is 0 Å². The standard InChI is InChI=1S/C16H12BrN7O2S/c1-23-13-11(12(17)22-23)15(26)24(8-18-13)7-10(25)19-16-21-20-14(27-16)9-5-3-2-4-6-9/h2-6,8H,7H2,1H3,(H,19,21,25). The number of carbonyl (C=O) groups excluding carboxylic acids is 1. The summed E-state index contributed by atoms with van der Waals surface area (Å²) in [6.45, 7) is -0.191. The molecule has 0 unspecified atom stereocenters. The molecule has 3 heterocycles. The highest BCUT2D eigenvalue weighted by atomic mass is 79.9. The number of nitrogens with zero attached hydrogens (tertiary/aromatic N) is 6. The minimum absolute atomic E-state index is 0.191. The summed E-state index contributed by atoms with van der Waals surface area (Å²) >= 11 is 4.50. The van der Waals surface area contributed by atoms with Gasteiger partial charge in [-0.25, -0.2) is 9.67 Å². The molecule has 0 aliphatic carbocycles. The van der Waals surface area contributed by atoms with E-state index in [0.29, 0.717) is 25.8 Å². The Morgan fingerprint density at radius 3 is 2.81 bits per heavy atom. The van der Waals surface area contributed by atoms with Crippen LogP contribution in [-0.4, -0.2) is 35.4 Å². The molecule has 0 aliphatic rings. The molecule has 0 saturated heterocycles. The van der Waals surface area contributed by atoms with E-state index in [4.69, 9.17) is 0 Å². The minimum atomic E-state index is -0.394. The van der Waals surface area contributed by atoms with Crippen LogP contribution in [0.1, 0.15) is 0 Å². The van der Waals surface area contributed by atoms with Gasteiger partial charge in [-0.1, -0.05) is 41.7 Å². The molecule has 11 heteroatoms. The summed E-state index contributed by atoms with van der Waals surface area (Å²) in [5.41, 5.74) is 1.01. The van der Waals surface area contributed by atoms with E-state index < -0.39 is 5.91 Å². The van der Waals surface area contributed by atoms with Gasteiger partial charge in [-0.15, -0.1) is 10.2 Å². The topological polar surface area (TPSA) is 108 Å². The van der Waals surface area contributed by atoms with E-state index in [-0.39, 0.29) is 12.1 Å². The molecule has 4 rings (SSSR count). The molecule has 0 spiro atoms. The van der Waals surface area contributed by atoms with Crippen molar-refractivity contribution in [3.63, 3.8) is 0 Å². The Bertz CT molecular complexity index is 1200. The molecule has 27 heavy (non-hydrogen) atoms. The zero-order chi connectivity index (χ0) is 19.0. The van der Waals surface area contributed by atoms with E-state index in [1.165, 1.54) is 26.9 Å². The van der Waals surface area contributed by atoms with Crippen molar-refractivity contribution < 1.29 is 4.79 Å². The molecule has 0 saturated carbocycles. The molecule has 0 aliphatic heterocycles. The number of fused-ring (bicyclic) bond motifs is 1. The van der Waals surface area contributed by atoms with Crippen LogP contribution in [0.3, 0.4) is 0 Å². The second kappa shape index (κ2) is 7.00. The van der Waals surface area contributed by atoms with Crippen molar-refractivity contribution in [1.82, 2.24) is 29.5 Å². The van der Waals surface area contributed by atoms with Gasteiger partial charge in [0.05, 0.1) is 0 Å². The van der Waals surface area contributed by atoms with Gasteiger partial charge in [-0.05, 0) is 15.9 Å². The van der Waals surface area contributed by atoms with Gasteiger partial charge in [0.2, 0.25) is 11.0 Å². The number of halogens is 1. The number of anilines is 1. The number of hydrogen-bond acceptors (Lipinski definition) is 7. The first-order valence-electron chi connectivity index (χ1n) is 7.79. The van der Waals surface area contributed by atoms with Crippen molar-refractivity contribution in [2.75, 3.05) is 5.32 Å². The smallest absolute Gasteiger partial charge is 0.266 e. The van der Waals surface area contributed by atoms with Gasteiger partial charge in [0, 0.05) is 12.6 Å². The number of hydrogen-bond donors (Lipinski definition) is 1. The highest BCUT2D eigenvalue weighted by molar-refractivity contribution is 9.10. The Kier molecular flexibility index (Phi) is 4.54. The van der Waals surface area contributed by atoms with E-state index >= 15 is 0 Å². The predicted molar refractivity (Wildman–Crippen MR) is 104 cm³/mol. The van der Waals surface area contributed by atoms with Crippen LogP contribution in [0, 0.1) is 0 Å². The van der Waals surface area contributed by atoms with Crippen LogP contribution in [0.15, 0.2) is 46.1 Å². The van der Waals surface area contributed by atoms with Crippen molar-refractivity contribution >= 4 is 49.3 Å². The molecule has 0 bridgehead atoms. The average molecular weight is 446 g/mol. The number of aromatic nitrogens is 6. The van der Waals surface area contributed by atoms with Gasteiger partial charge in [-0.3, -0.25) is 19.5 Å². The Hall–Kier alpha value is -2.92. The molecule has 136 valence electrons. The molecule has 0 radical (unpaired) electrons. The van der Waals surface area contributed by atoms with Gasteiger partial charge in [0.1, 0.15) is 27.9 Å². The maximum absolute atomic E-state index is 12.6. The number of amides is 1. The first kappa shape index (κ1) is 17.5. The second-order valence-electron chi connectivity index (χ2n) is 5.62. The number of benzene rings is 1. The Morgan fingerprint density at radius 2 is 2.04 bits per heavy atom. The van der Waals surface area contributed by atoms with E-state index in [0.717, 1.165) is 5.56 Å². The third kappa shape index (κ3) is 3.38. The molecule has 9 nitrogen and oxygen atoms in total. The summed E-state index contributed by atoms with van der Waals surface area (Å²) in [5.74, 6) is -0.394. The maximum Gasteiger partial charge on any atom is 0.266 e. The highest BCUT2D eigenvalue weighted by Crippen LogP contribution is 2.25. The van der Waals surface area contributed by atoms with Gasteiger partial charge in [-0.2, -0.15) is 5.10 Å². The number of nitrogens with one attached hydrogen (secondary N) is 1. The third-order valence-electron chi connectivity index (χ3n) is 3.77. The molecule has 1 amide bonds. The Balaban J connectivity index is 1.53. The van der Waals surface area contributed by atoms with Crippen LogP contribution in [-0.2, 0) is 18.4 Å². The summed E-state index contributed by atoms with van der Waals surface area (Å²) in [6, 6.07) is 9.55. The van der Waals surface area contributed by atoms with E-state index in [2.05, 4.69) is 41.5 Å². The lowest BCUT2D eigenvalue weighted by Gasteiger charge is -2.04. The molecular weight excluding hydrogens is 434 g/mol. The largest absolute Gasteiger partial charge is 0.299 e. The van der Waals surface area contributed by atoms with Gasteiger partial charge < -0.3 is 0 Å². The molecule has 1 N–H and O–H groups in total. The highest BCUT2D eigenvalue weighted by Gasteiger charge is 2.16. The second-order valence-corrected chi connectivity index (χ2v) is 7.35. The molecule has 0 atom stereocenters. The van der Waals surface area contributed by atoms with E-state index in [1.807, 2.05) is 30.3 Å². The number of carbonyl (C=O) groups is 1. The van der Waals surface area contributed by atoms with Gasteiger partial charge in [0.15, 0.2) is 5.65 Å². The van der Waals surface area contributed by atoms with Crippen LogP contribution >= 0.6 is 27.3 Å². The molecule has 4 aromatic rings. The SMILES string of the molecule is Cn1nc(Br)c2c(=O)n(CC(=O)Nc3nnc(-c4ccccc4)s3)cnc21. The summed E-state index contributed by atoms with van der Waals surface area (Å²) in [5, 5.41) is 16.2. The summed E-state index contributed by atoms with van der Waals surface area (Å²) < 4.78 is 3.12. The maximum atomic E-state index is 12.6. The normalized spacial score (nSPS) is 11.0.